The lowest BCUT2D eigenvalue weighted by atomic mass is 10.1. The zero-order valence-electron chi connectivity index (χ0n) is 10.1. The number of hydrogen-bond donors (Lipinski definition) is 1. The average Bonchev–Trinajstić information content (AvgIpc) is 2.79. The molecule has 1 heterocycles. The third kappa shape index (κ3) is 2.56. The molecule has 0 radical (unpaired) electrons. The maximum atomic E-state index is 11.8. The molecule has 0 bridgehead atoms. The second kappa shape index (κ2) is 5.52. The summed E-state index contributed by atoms with van der Waals surface area (Å²) in [6, 6.07) is 7.12. The van der Waals surface area contributed by atoms with E-state index in [4.69, 9.17) is 0 Å². The van der Waals surface area contributed by atoms with E-state index in [2.05, 4.69) is 21.2 Å². The first-order valence-electron chi connectivity index (χ1n) is 5.84. The van der Waals surface area contributed by atoms with E-state index in [1.807, 2.05) is 12.1 Å². The van der Waals surface area contributed by atoms with Gasteiger partial charge in [0, 0.05) is 36.6 Å². The van der Waals surface area contributed by atoms with Crippen LogP contribution in [0, 0.1) is 5.92 Å². The number of amides is 2. The van der Waals surface area contributed by atoms with Crippen molar-refractivity contribution in [1.29, 1.82) is 0 Å². The zero-order valence-corrected chi connectivity index (χ0v) is 11.7. The van der Waals surface area contributed by atoms with E-state index in [1.54, 1.807) is 24.1 Å². The van der Waals surface area contributed by atoms with Gasteiger partial charge in [-0.3, -0.25) is 9.59 Å². The average molecular weight is 311 g/mol. The fourth-order valence-electron chi connectivity index (χ4n) is 2.07. The van der Waals surface area contributed by atoms with Gasteiger partial charge in [0.25, 0.3) is 5.91 Å². The highest BCUT2D eigenvalue weighted by molar-refractivity contribution is 9.09. The highest BCUT2D eigenvalue weighted by Crippen LogP contribution is 2.26. The van der Waals surface area contributed by atoms with E-state index in [0.29, 0.717) is 17.9 Å². The summed E-state index contributed by atoms with van der Waals surface area (Å²) in [7, 11) is 1.60. The van der Waals surface area contributed by atoms with Crippen molar-refractivity contribution < 1.29 is 9.59 Å². The first-order chi connectivity index (χ1) is 8.65. The van der Waals surface area contributed by atoms with Crippen molar-refractivity contribution in [3.8, 4) is 0 Å². The lowest BCUT2D eigenvalue weighted by Crippen LogP contribution is -2.25. The molecule has 1 atom stereocenters. The van der Waals surface area contributed by atoms with Gasteiger partial charge in [-0.05, 0) is 30.2 Å². The Bertz CT molecular complexity index is 459. The predicted molar refractivity (Wildman–Crippen MR) is 74.1 cm³/mol. The number of carbonyl (C=O) groups is 2. The largest absolute Gasteiger partial charge is 0.355 e. The van der Waals surface area contributed by atoms with Crippen molar-refractivity contribution in [2.45, 2.75) is 6.42 Å². The first kappa shape index (κ1) is 13.1. The third-order valence-corrected chi connectivity index (χ3v) is 4.01. The van der Waals surface area contributed by atoms with Crippen molar-refractivity contribution in [3.05, 3.63) is 29.8 Å². The van der Waals surface area contributed by atoms with Crippen molar-refractivity contribution in [2.24, 2.45) is 5.92 Å². The van der Waals surface area contributed by atoms with Gasteiger partial charge in [-0.2, -0.15) is 0 Å². The molecule has 1 aromatic carbocycles. The Balaban J connectivity index is 2.15. The summed E-state index contributed by atoms with van der Waals surface area (Å²) < 4.78 is 0. The summed E-state index contributed by atoms with van der Waals surface area (Å²) >= 11 is 3.41. The van der Waals surface area contributed by atoms with E-state index in [1.165, 1.54) is 0 Å². The number of anilines is 1. The van der Waals surface area contributed by atoms with Gasteiger partial charge in [0.15, 0.2) is 0 Å². The number of benzene rings is 1. The molecule has 1 fully saturated rings. The number of rotatable bonds is 3. The Hall–Kier alpha value is -1.36. The van der Waals surface area contributed by atoms with E-state index >= 15 is 0 Å². The van der Waals surface area contributed by atoms with Crippen molar-refractivity contribution in [3.63, 3.8) is 0 Å². The number of nitrogens with one attached hydrogen (secondary N) is 1. The van der Waals surface area contributed by atoms with Crippen LogP contribution in [0.3, 0.4) is 0 Å². The molecule has 1 saturated heterocycles. The topological polar surface area (TPSA) is 49.4 Å². The Labute approximate surface area is 114 Å². The SMILES string of the molecule is CNC(=O)c1ccc(N2CC(CBr)CC2=O)cc1. The monoisotopic (exact) mass is 310 g/mol. The van der Waals surface area contributed by atoms with Crippen LogP contribution in [0.15, 0.2) is 24.3 Å². The van der Waals surface area contributed by atoms with Gasteiger partial charge >= 0.3 is 0 Å². The lowest BCUT2D eigenvalue weighted by molar-refractivity contribution is -0.117. The van der Waals surface area contributed by atoms with E-state index in [-0.39, 0.29) is 11.8 Å². The normalized spacial score (nSPS) is 19.1. The fraction of sp³-hybridized carbons (Fsp3) is 0.385. The summed E-state index contributed by atoms with van der Waals surface area (Å²) in [6.45, 7) is 0.739. The van der Waals surface area contributed by atoms with Gasteiger partial charge in [-0.1, -0.05) is 15.9 Å². The van der Waals surface area contributed by atoms with Crippen LogP contribution in [0.5, 0.6) is 0 Å². The van der Waals surface area contributed by atoms with Crippen LogP contribution < -0.4 is 10.2 Å². The fourth-order valence-corrected chi connectivity index (χ4v) is 2.51. The molecule has 0 saturated carbocycles. The Morgan fingerprint density at radius 1 is 1.44 bits per heavy atom. The minimum absolute atomic E-state index is 0.118. The third-order valence-electron chi connectivity index (χ3n) is 3.09. The molecule has 1 N–H and O–H groups in total. The predicted octanol–water partition coefficient (Wildman–Crippen LogP) is 1.79. The lowest BCUT2D eigenvalue weighted by Gasteiger charge is -2.16. The number of nitrogens with zero attached hydrogens (tertiary/aromatic N) is 1. The number of halogens is 1. The van der Waals surface area contributed by atoms with Crippen LogP contribution in [0.1, 0.15) is 16.8 Å². The van der Waals surface area contributed by atoms with Crippen molar-refractivity contribution >= 4 is 33.4 Å². The molecule has 2 rings (SSSR count). The van der Waals surface area contributed by atoms with E-state index in [9.17, 15) is 9.59 Å². The van der Waals surface area contributed by atoms with E-state index < -0.39 is 0 Å². The molecule has 1 aliphatic heterocycles. The van der Waals surface area contributed by atoms with Gasteiger partial charge in [-0.25, -0.2) is 0 Å². The standard InChI is InChI=1S/C13H15BrN2O2/c1-15-13(18)10-2-4-11(5-3-10)16-8-9(7-14)6-12(16)17/h2-5,9H,6-8H2,1H3,(H,15,18). The Kier molecular flexibility index (Phi) is 4.01. The molecule has 0 aliphatic carbocycles. The van der Waals surface area contributed by atoms with Gasteiger partial charge in [-0.15, -0.1) is 0 Å². The second-order valence-electron chi connectivity index (χ2n) is 4.35. The quantitative estimate of drug-likeness (QED) is 0.865. The minimum atomic E-state index is -0.118. The molecule has 1 aromatic rings. The molecular formula is C13H15BrN2O2. The summed E-state index contributed by atoms with van der Waals surface area (Å²) in [5.74, 6) is 0.399. The second-order valence-corrected chi connectivity index (χ2v) is 5.00. The minimum Gasteiger partial charge on any atom is -0.355 e. The molecule has 0 aromatic heterocycles. The van der Waals surface area contributed by atoms with Gasteiger partial charge in [0.05, 0.1) is 0 Å². The van der Waals surface area contributed by atoms with Crippen LogP contribution in [0.2, 0.25) is 0 Å². The summed E-state index contributed by atoms with van der Waals surface area (Å²) in [4.78, 5) is 25.0. The molecule has 1 aliphatic rings. The first-order valence-corrected chi connectivity index (χ1v) is 6.96. The van der Waals surface area contributed by atoms with Crippen molar-refractivity contribution in [2.75, 3.05) is 23.8 Å². The molecular weight excluding hydrogens is 296 g/mol. The highest BCUT2D eigenvalue weighted by atomic mass is 79.9. The van der Waals surface area contributed by atoms with Crippen molar-refractivity contribution in [1.82, 2.24) is 5.32 Å². The molecule has 18 heavy (non-hydrogen) atoms. The van der Waals surface area contributed by atoms with Gasteiger partial charge < -0.3 is 10.2 Å². The molecule has 4 nitrogen and oxygen atoms in total. The summed E-state index contributed by atoms with van der Waals surface area (Å²) in [5, 5.41) is 3.41. The van der Waals surface area contributed by atoms with Crippen LogP contribution >= 0.6 is 15.9 Å². The molecule has 2 amide bonds. The maximum absolute atomic E-state index is 11.8. The Morgan fingerprint density at radius 3 is 2.61 bits per heavy atom. The van der Waals surface area contributed by atoms with Crippen LogP contribution in [0.4, 0.5) is 5.69 Å². The maximum Gasteiger partial charge on any atom is 0.251 e. The smallest absolute Gasteiger partial charge is 0.251 e. The van der Waals surface area contributed by atoms with Gasteiger partial charge in [0.2, 0.25) is 5.91 Å². The van der Waals surface area contributed by atoms with E-state index in [0.717, 1.165) is 17.6 Å². The molecule has 5 heteroatoms. The summed E-state index contributed by atoms with van der Waals surface area (Å²) in [6.07, 6.45) is 0.586. The van der Waals surface area contributed by atoms with Crippen LogP contribution in [0.25, 0.3) is 0 Å². The highest BCUT2D eigenvalue weighted by Gasteiger charge is 2.29. The number of hydrogen-bond acceptors (Lipinski definition) is 2. The van der Waals surface area contributed by atoms with Crippen LogP contribution in [-0.4, -0.2) is 30.7 Å². The summed E-state index contributed by atoms with van der Waals surface area (Å²) in [5.41, 5.74) is 1.46. The molecule has 96 valence electrons. The number of alkyl halides is 1. The number of carbonyl (C=O) groups excluding carboxylic acids is 2. The molecule has 0 spiro atoms. The Morgan fingerprint density at radius 2 is 2.11 bits per heavy atom. The van der Waals surface area contributed by atoms with Crippen LogP contribution in [-0.2, 0) is 4.79 Å². The zero-order chi connectivity index (χ0) is 13.1. The molecule has 1 unspecified atom stereocenters. The van der Waals surface area contributed by atoms with Gasteiger partial charge in [0.1, 0.15) is 0 Å².